The number of aliphatic hydroxyl groups excluding tert-OH is 1. The van der Waals surface area contributed by atoms with Crippen LogP contribution in [0.25, 0.3) is 38.2 Å². The van der Waals surface area contributed by atoms with E-state index in [4.69, 9.17) is 4.98 Å². The first-order valence-electron chi connectivity index (χ1n) is 10.8. The van der Waals surface area contributed by atoms with Crippen LogP contribution in [0.3, 0.4) is 0 Å². The number of anilines is 1. The van der Waals surface area contributed by atoms with Crippen molar-refractivity contribution in [3.63, 3.8) is 0 Å². The summed E-state index contributed by atoms with van der Waals surface area (Å²) in [5.41, 5.74) is 5.60. The Bertz CT molecular complexity index is 1420. The number of aromatic nitrogens is 6. The van der Waals surface area contributed by atoms with Crippen molar-refractivity contribution in [2.75, 3.05) is 5.32 Å². The molecule has 2 atom stereocenters. The summed E-state index contributed by atoms with van der Waals surface area (Å²) < 4.78 is 4.86. The van der Waals surface area contributed by atoms with E-state index in [1.54, 1.807) is 16.0 Å². The third kappa shape index (κ3) is 3.43. The van der Waals surface area contributed by atoms with Crippen molar-refractivity contribution in [2.45, 2.75) is 37.8 Å². The first kappa shape index (κ1) is 19.4. The lowest BCUT2D eigenvalue weighted by atomic mass is 9.93. The van der Waals surface area contributed by atoms with Crippen molar-refractivity contribution in [3.8, 4) is 16.8 Å². The molecule has 162 valence electrons. The van der Waals surface area contributed by atoms with Crippen molar-refractivity contribution >= 4 is 37.8 Å². The smallest absolute Gasteiger partial charge is 0.184 e. The Morgan fingerprint density at radius 2 is 1.97 bits per heavy atom. The lowest BCUT2D eigenvalue weighted by Gasteiger charge is -2.27. The number of pyridine rings is 1. The Labute approximate surface area is 188 Å². The van der Waals surface area contributed by atoms with Crippen LogP contribution in [0.1, 0.15) is 25.7 Å². The minimum Gasteiger partial charge on any atom is -0.391 e. The van der Waals surface area contributed by atoms with E-state index in [9.17, 15) is 5.11 Å². The second-order valence-corrected chi connectivity index (χ2v) is 9.39. The Morgan fingerprint density at radius 3 is 2.81 bits per heavy atom. The van der Waals surface area contributed by atoms with Gasteiger partial charge in [0.15, 0.2) is 10.8 Å². The third-order valence-corrected chi connectivity index (χ3v) is 7.06. The molecule has 1 aliphatic rings. The molecule has 0 bridgehead atoms. The third-order valence-electron chi connectivity index (χ3n) is 6.11. The van der Waals surface area contributed by atoms with Gasteiger partial charge in [-0.1, -0.05) is 24.2 Å². The number of hydrogen-bond acceptors (Lipinski definition) is 7. The van der Waals surface area contributed by atoms with Gasteiger partial charge in [0.05, 0.1) is 34.2 Å². The number of hydrogen-bond donors (Lipinski definition) is 2. The quantitative estimate of drug-likeness (QED) is 0.432. The summed E-state index contributed by atoms with van der Waals surface area (Å²) in [6.45, 7) is 0. The summed E-state index contributed by atoms with van der Waals surface area (Å²) in [5.74, 6) is 0. The van der Waals surface area contributed by atoms with Gasteiger partial charge in [-0.3, -0.25) is 9.25 Å². The topological polar surface area (TPSA) is 93.7 Å². The number of aliphatic hydroxyl groups is 1. The first-order valence-corrected chi connectivity index (χ1v) is 11.6. The lowest BCUT2D eigenvalue weighted by molar-refractivity contribution is 0.116. The second-order valence-electron chi connectivity index (χ2n) is 8.36. The van der Waals surface area contributed by atoms with E-state index in [2.05, 4.69) is 26.4 Å². The normalized spacial score (nSPS) is 19.1. The molecule has 32 heavy (non-hydrogen) atoms. The molecule has 5 aromatic rings. The number of imidazole rings is 1. The Morgan fingerprint density at radius 1 is 1.06 bits per heavy atom. The van der Waals surface area contributed by atoms with Crippen LogP contribution in [0.4, 0.5) is 5.13 Å². The van der Waals surface area contributed by atoms with Crippen molar-refractivity contribution < 1.29 is 5.11 Å². The van der Waals surface area contributed by atoms with Crippen molar-refractivity contribution in [1.29, 1.82) is 0 Å². The maximum atomic E-state index is 10.3. The summed E-state index contributed by atoms with van der Waals surface area (Å²) in [7, 11) is 1.90. The molecule has 1 saturated carbocycles. The molecule has 2 N–H and O–H groups in total. The Balaban J connectivity index is 1.31. The molecule has 4 aromatic heterocycles. The zero-order chi connectivity index (χ0) is 21.7. The number of nitrogens with zero attached hydrogens (tertiary/aromatic N) is 6. The van der Waals surface area contributed by atoms with Crippen LogP contribution >= 0.6 is 11.3 Å². The largest absolute Gasteiger partial charge is 0.391 e. The first-order chi connectivity index (χ1) is 15.6. The average Bonchev–Trinajstić information content (AvgIpc) is 3.52. The number of fused-ring (bicyclic) bond motifs is 2. The van der Waals surface area contributed by atoms with Crippen molar-refractivity contribution in [3.05, 3.63) is 49.2 Å². The molecule has 0 aliphatic heterocycles. The van der Waals surface area contributed by atoms with E-state index in [1.165, 1.54) is 0 Å². The van der Waals surface area contributed by atoms with Crippen LogP contribution in [0.5, 0.6) is 0 Å². The number of nitrogens with one attached hydrogen (secondary N) is 1. The fourth-order valence-corrected chi connectivity index (χ4v) is 5.34. The van der Waals surface area contributed by atoms with Gasteiger partial charge in [-0.05, 0) is 37.1 Å². The standard InChI is InChI=1S/C23H23N7OS/c1-29-12-15(11-26-29)14-8-19-22(24-10-14)30(13-25-19)16-6-7-18-21(9-16)32-23(28-18)27-17-4-2-3-5-20(17)31/h6-13,17,20,31H,2-5H2,1H3,(H,27,28). The maximum Gasteiger partial charge on any atom is 0.184 e. The molecule has 1 aromatic carbocycles. The number of aryl methyl sites for hydroxylation is 1. The van der Waals surface area contributed by atoms with Gasteiger partial charge in [-0.25, -0.2) is 15.0 Å². The van der Waals surface area contributed by atoms with Gasteiger partial charge < -0.3 is 10.4 Å². The monoisotopic (exact) mass is 445 g/mol. The maximum absolute atomic E-state index is 10.3. The van der Waals surface area contributed by atoms with E-state index in [1.807, 2.05) is 54.7 Å². The van der Waals surface area contributed by atoms with Gasteiger partial charge in [0.25, 0.3) is 0 Å². The SMILES string of the molecule is Cn1cc(-c2cnc3c(c2)ncn3-c2ccc3nc(NC4CCCCC4O)sc3c2)cn1. The highest BCUT2D eigenvalue weighted by Gasteiger charge is 2.23. The van der Waals surface area contributed by atoms with Gasteiger partial charge in [0.2, 0.25) is 0 Å². The lowest BCUT2D eigenvalue weighted by Crippen LogP contribution is -2.36. The summed E-state index contributed by atoms with van der Waals surface area (Å²) in [4.78, 5) is 14.0. The molecule has 6 rings (SSSR count). The molecule has 0 amide bonds. The highest BCUT2D eigenvalue weighted by Crippen LogP contribution is 2.31. The number of rotatable bonds is 4. The van der Waals surface area contributed by atoms with Gasteiger partial charge in [0, 0.05) is 30.6 Å². The summed E-state index contributed by atoms with van der Waals surface area (Å²) in [6, 6.07) is 8.31. The molecule has 0 saturated heterocycles. The van der Waals surface area contributed by atoms with Gasteiger partial charge in [-0.2, -0.15) is 5.10 Å². The van der Waals surface area contributed by atoms with Crippen molar-refractivity contribution in [1.82, 2.24) is 29.3 Å². The van der Waals surface area contributed by atoms with Gasteiger partial charge in [-0.15, -0.1) is 0 Å². The fourth-order valence-electron chi connectivity index (χ4n) is 4.38. The molecule has 9 heteroatoms. The zero-order valence-electron chi connectivity index (χ0n) is 17.6. The highest BCUT2D eigenvalue weighted by atomic mass is 32.1. The van der Waals surface area contributed by atoms with Crippen LogP contribution in [-0.4, -0.2) is 46.6 Å². The van der Waals surface area contributed by atoms with E-state index in [0.29, 0.717) is 0 Å². The summed E-state index contributed by atoms with van der Waals surface area (Å²) in [5, 5.41) is 18.8. The van der Waals surface area contributed by atoms with Crippen LogP contribution in [0, 0.1) is 0 Å². The predicted molar refractivity (Wildman–Crippen MR) is 126 cm³/mol. The fraction of sp³-hybridized carbons (Fsp3) is 0.304. The van der Waals surface area contributed by atoms with Gasteiger partial charge >= 0.3 is 0 Å². The number of benzene rings is 1. The molecule has 8 nitrogen and oxygen atoms in total. The van der Waals surface area contributed by atoms with E-state index in [-0.39, 0.29) is 12.1 Å². The van der Waals surface area contributed by atoms with Crippen LogP contribution < -0.4 is 5.32 Å². The Hall–Kier alpha value is -3.30. The van der Waals surface area contributed by atoms with Crippen LogP contribution in [-0.2, 0) is 7.05 Å². The number of thiazole rings is 1. The molecule has 1 fully saturated rings. The second kappa shape index (κ2) is 7.68. The average molecular weight is 446 g/mol. The summed E-state index contributed by atoms with van der Waals surface area (Å²) >= 11 is 1.62. The van der Waals surface area contributed by atoms with Crippen LogP contribution in [0.15, 0.2) is 49.2 Å². The molecule has 4 heterocycles. The minimum atomic E-state index is -0.300. The Kier molecular flexibility index (Phi) is 4.65. The van der Waals surface area contributed by atoms with Gasteiger partial charge in [0.1, 0.15) is 11.8 Å². The molecule has 1 aliphatic carbocycles. The molecule has 0 radical (unpaired) electrons. The van der Waals surface area contributed by atoms with E-state index >= 15 is 0 Å². The zero-order valence-corrected chi connectivity index (χ0v) is 18.5. The van der Waals surface area contributed by atoms with E-state index < -0.39 is 0 Å². The molecular formula is C23H23N7OS. The summed E-state index contributed by atoms with van der Waals surface area (Å²) in [6.07, 6.45) is 11.2. The molecular weight excluding hydrogens is 422 g/mol. The molecule has 2 unspecified atom stereocenters. The van der Waals surface area contributed by atoms with E-state index in [0.717, 1.165) is 69.0 Å². The highest BCUT2D eigenvalue weighted by molar-refractivity contribution is 7.22. The predicted octanol–water partition coefficient (Wildman–Crippen LogP) is 4.15. The minimum absolute atomic E-state index is 0.0829. The van der Waals surface area contributed by atoms with Crippen molar-refractivity contribution in [2.24, 2.45) is 7.05 Å². The molecule has 0 spiro atoms. The van der Waals surface area contributed by atoms with Crippen LogP contribution in [0.2, 0.25) is 0 Å².